The van der Waals surface area contributed by atoms with Crippen molar-refractivity contribution in [1.82, 2.24) is 5.32 Å². The number of aliphatic carboxylic acids is 1. The van der Waals surface area contributed by atoms with Gasteiger partial charge in [-0.25, -0.2) is 4.39 Å². The molecule has 4 nitrogen and oxygen atoms in total. The van der Waals surface area contributed by atoms with Crippen molar-refractivity contribution in [2.75, 3.05) is 0 Å². The van der Waals surface area contributed by atoms with Gasteiger partial charge in [-0.2, -0.15) is 0 Å². The zero-order valence-electron chi connectivity index (χ0n) is 12.8. The maximum Gasteiger partial charge on any atom is 0.321 e. The van der Waals surface area contributed by atoms with Gasteiger partial charge in [0.05, 0.1) is 0 Å². The summed E-state index contributed by atoms with van der Waals surface area (Å²) in [6.45, 7) is 2.16. The molecule has 1 atom stereocenters. The maximum atomic E-state index is 12.8. The van der Waals surface area contributed by atoms with Crippen LogP contribution in [0.2, 0.25) is 0 Å². The molecule has 0 radical (unpaired) electrons. The van der Waals surface area contributed by atoms with Crippen molar-refractivity contribution in [1.29, 1.82) is 0 Å². The molecular weight excluding hydrogens is 297 g/mol. The zero-order chi connectivity index (χ0) is 16.8. The second-order valence-electron chi connectivity index (χ2n) is 5.39. The molecule has 0 bridgehead atoms. The highest BCUT2D eigenvalue weighted by molar-refractivity contribution is 5.98. The molecule has 120 valence electrons. The van der Waals surface area contributed by atoms with Crippen molar-refractivity contribution in [3.63, 3.8) is 0 Å². The smallest absolute Gasteiger partial charge is 0.321 e. The van der Waals surface area contributed by atoms with E-state index in [-0.39, 0.29) is 24.6 Å². The Labute approximate surface area is 134 Å². The van der Waals surface area contributed by atoms with Crippen molar-refractivity contribution in [2.24, 2.45) is 0 Å². The van der Waals surface area contributed by atoms with Gasteiger partial charge >= 0.3 is 5.97 Å². The lowest BCUT2D eigenvalue weighted by atomic mass is 10.0. The first kappa shape index (κ1) is 16.8. The Bertz CT molecular complexity index is 680. The van der Waals surface area contributed by atoms with E-state index in [0.29, 0.717) is 5.56 Å². The molecule has 0 aliphatic heterocycles. The summed E-state index contributed by atoms with van der Waals surface area (Å²) in [5, 5.41) is 12.1. The Kier molecular flexibility index (Phi) is 5.60. The SMILES string of the molecule is Cc1ccc(C(=O)C[C@@H](NCc2ccc(F)cc2)C(=O)O)cc1. The number of carbonyl (C=O) groups excluding carboxylic acids is 1. The van der Waals surface area contributed by atoms with Crippen LogP contribution in [0.25, 0.3) is 0 Å². The topological polar surface area (TPSA) is 66.4 Å². The predicted molar refractivity (Wildman–Crippen MR) is 84.8 cm³/mol. The van der Waals surface area contributed by atoms with E-state index >= 15 is 0 Å². The third-order valence-corrected chi connectivity index (χ3v) is 3.53. The number of nitrogens with one attached hydrogen (secondary N) is 1. The molecule has 0 fully saturated rings. The van der Waals surface area contributed by atoms with Gasteiger partial charge in [0.1, 0.15) is 11.9 Å². The van der Waals surface area contributed by atoms with E-state index in [0.717, 1.165) is 11.1 Å². The number of hydrogen-bond donors (Lipinski definition) is 2. The molecular formula is C18H18FNO3. The van der Waals surface area contributed by atoms with Gasteiger partial charge in [0.2, 0.25) is 0 Å². The fraction of sp³-hybridized carbons (Fsp3) is 0.222. The van der Waals surface area contributed by atoms with Gasteiger partial charge in [-0.15, -0.1) is 0 Å². The summed E-state index contributed by atoms with van der Waals surface area (Å²) in [4.78, 5) is 23.5. The molecule has 23 heavy (non-hydrogen) atoms. The quantitative estimate of drug-likeness (QED) is 0.771. The second-order valence-corrected chi connectivity index (χ2v) is 5.39. The largest absolute Gasteiger partial charge is 0.480 e. The Balaban J connectivity index is 1.98. The van der Waals surface area contributed by atoms with Crippen molar-refractivity contribution in [3.05, 3.63) is 71.0 Å². The molecule has 2 rings (SSSR count). The summed E-state index contributed by atoms with van der Waals surface area (Å²) in [6.07, 6.45) is -0.139. The number of benzene rings is 2. The Morgan fingerprint density at radius 1 is 1.09 bits per heavy atom. The highest BCUT2D eigenvalue weighted by atomic mass is 19.1. The first-order chi connectivity index (χ1) is 11.0. The number of rotatable bonds is 7. The van der Waals surface area contributed by atoms with Gasteiger partial charge < -0.3 is 5.11 Å². The fourth-order valence-electron chi connectivity index (χ4n) is 2.13. The van der Waals surface area contributed by atoms with Crippen LogP contribution in [-0.4, -0.2) is 22.9 Å². The maximum absolute atomic E-state index is 12.8. The molecule has 0 unspecified atom stereocenters. The molecule has 0 saturated heterocycles. The zero-order valence-corrected chi connectivity index (χ0v) is 12.8. The van der Waals surface area contributed by atoms with Gasteiger partial charge in [0, 0.05) is 18.5 Å². The van der Waals surface area contributed by atoms with Crippen LogP contribution in [0.4, 0.5) is 4.39 Å². The first-order valence-corrected chi connectivity index (χ1v) is 7.26. The summed E-state index contributed by atoms with van der Waals surface area (Å²) >= 11 is 0. The number of carboxylic acids is 1. The highest BCUT2D eigenvalue weighted by Crippen LogP contribution is 2.09. The van der Waals surface area contributed by atoms with Crippen LogP contribution in [-0.2, 0) is 11.3 Å². The summed E-state index contributed by atoms with van der Waals surface area (Å²) in [5.41, 5.74) is 2.27. The van der Waals surface area contributed by atoms with Crippen LogP contribution in [0, 0.1) is 12.7 Å². The van der Waals surface area contributed by atoms with Crippen molar-refractivity contribution >= 4 is 11.8 Å². The normalized spacial score (nSPS) is 11.9. The average Bonchev–Trinajstić information content (AvgIpc) is 2.53. The lowest BCUT2D eigenvalue weighted by Gasteiger charge is -2.14. The number of carboxylic acid groups (broad SMARTS) is 1. The minimum atomic E-state index is -1.09. The predicted octanol–water partition coefficient (Wildman–Crippen LogP) is 2.95. The average molecular weight is 315 g/mol. The highest BCUT2D eigenvalue weighted by Gasteiger charge is 2.21. The number of aryl methyl sites for hydroxylation is 1. The van der Waals surface area contributed by atoms with Crippen LogP contribution in [0.1, 0.15) is 27.9 Å². The lowest BCUT2D eigenvalue weighted by Crippen LogP contribution is -2.38. The minimum Gasteiger partial charge on any atom is -0.480 e. The number of ketones is 1. The Hall–Kier alpha value is -2.53. The molecule has 0 saturated carbocycles. The van der Waals surface area contributed by atoms with Gasteiger partial charge in [0.25, 0.3) is 0 Å². The van der Waals surface area contributed by atoms with Gasteiger partial charge in [-0.1, -0.05) is 42.0 Å². The van der Waals surface area contributed by atoms with Gasteiger partial charge in [0.15, 0.2) is 5.78 Å². The van der Waals surface area contributed by atoms with E-state index < -0.39 is 12.0 Å². The Morgan fingerprint density at radius 3 is 2.26 bits per heavy atom. The lowest BCUT2D eigenvalue weighted by molar-refractivity contribution is -0.139. The van der Waals surface area contributed by atoms with E-state index in [2.05, 4.69) is 5.32 Å². The van der Waals surface area contributed by atoms with E-state index in [1.165, 1.54) is 12.1 Å². The van der Waals surface area contributed by atoms with E-state index in [1.807, 2.05) is 19.1 Å². The van der Waals surface area contributed by atoms with Crippen LogP contribution >= 0.6 is 0 Å². The Morgan fingerprint density at radius 2 is 1.70 bits per heavy atom. The summed E-state index contributed by atoms with van der Waals surface area (Å²) < 4.78 is 12.8. The standard InChI is InChI=1S/C18H18FNO3/c1-12-2-6-14(7-3-12)17(21)10-16(18(22)23)20-11-13-4-8-15(19)9-5-13/h2-9,16,20H,10-11H2,1H3,(H,22,23)/t16-/m1/s1. The molecule has 2 aromatic carbocycles. The van der Waals surface area contributed by atoms with Gasteiger partial charge in [-0.05, 0) is 24.6 Å². The van der Waals surface area contributed by atoms with Crippen molar-refractivity contribution in [3.8, 4) is 0 Å². The molecule has 0 amide bonds. The monoisotopic (exact) mass is 315 g/mol. The number of carbonyl (C=O) groups is 2. The number of hydrogen-bond acceptors (Lipinski definition) is 3. The minimum absolute atomic E-state index is 0.139. The first-order valence-electron chi connectivity index (χ1n) is 7.26. The molecule has 0 aliphatic carbocycles. The number of halogens is 1. The van der Waals surface area contributed by atoms with E-state index in [4.69, 9.17) is 0 Å². The van der Waals surface area contributed by atoms with Crippen molar-refractivity contribution in [2.45, 2.75) is 25.9 Å². The molecule has 2 N–H and O–H groups in total. The van der Waals surface area contributed by atoms with Gasteiger partial charge in [-0.3, -0.25) is 14.9 Å². The van der Waals surface area contributed by atoms with E-state index in [9.17, 15) is 19.1 Å². The molecule has 0 aliphatic rings. The molecule has 2 aromatic rings. The molecule has 0 heterocycles. The molecule has 0 aromatic heterocycles. The molecule has 0 spiro atoms. The summed E-state index contributed by atoms with van der Waals surface area (Å²) in [6, 6.07) is 11.8. The summed E-state index contributed by atoms with van der Waals surface area (Å²) in [5.74, 6) is -1.67. The molecule has 5 heteroatoms. The van der Waals surface area contributed by atoms with E-state index in [1.54, 1.807) is 24.3 Å². The third-order valence-electron chi connectivity index (χ3n) is 3.53. The summed E-state index contributed by atoms with van der Waals surface area (Å²) in [7, 11) is 0. The third kappa shape index (κ3) is 5.00. The van der Waals surface area contributed by atoms with Crippen LogP contribution in [0.3, 0.4) is 0 Å². The number of Topliss-reactive ketones (excluding diaryl/α,β-unsaturated/α-hetero) is 1. The van der Waals surface area contributed by atoms with Crippen LogP contribution < -0.4 is 5.32 Å². The fourth-order valence-corrected chi connectivity index (χ4v) is 2.13. The second kappa shape index (κ2) is 7.65. The van der Waals surface area contributed by atoms with Crippen LogP contribution in [0.15, 0.2) is 48.5 Å². The van der Waals surface area contributed by atoms with Crippen LogP contribution in [0.5, 0.6) is 0 Å². The van der Waals surface area contributed by atoms with Crippen molar-refractivity contribution < 1.29 is 19.1 Å².